The van der Waals surface area contributed by atoms with Crippen LogP contribution in [0, 0.1) is 0 Å². The SMILES string of the molecule is CCCCCCCCCCC(C(=O)O)[N+]1(C)CCc2cc(OC)c3cc2C1Cc1ccc(cc1)Oc1cc(ccc1OC)CC1c2c(cc(OC)cc2O3)CCN1C. The molecule has 58 heavy (non-hydrogen) atoms. The third-order valence-corrected chi connectivity index (χ3v) is 13.2. The van der Waals surface area contributed by atoms with Crippen LogP contribution in [0.5, 0.6) is 40.2 Å². The number of carboxylic acids is 1. The Bertz CT molecular complexity index is 2050. The molecule has 310 valence electrons. The molecule has 0 aliphatic carbocycles. The monoisotopic (exact) mass is 791 g/mol. The number of nitrogens with zero attached hydrogens (tertiary/aromatic N) is 2. The lowest BCUT2D eigenvalue weighted by Crippen LogP contribution is -2.60. The fourth-order valence-corrected chi connectivity index (χ4v) is 9.74. The summed E-state index contributed by atoms with van der Waals surface area (Å²) in [4.78, 5) is 15.8. The van der Waals surface area contributed by atoms with Crippen molar-refractivity contribution in [3.63, 3.8) is 0 Å². The fourth-order valence-electron chi connectivity index (χ4n) is 9.74. The minimum Gasteiger partial charge on any atom is -0.497 e. The number of ether oxygens (including phenoxy) is 5. The van der Waals surface area contributed by atoms with Crippen LogP contribution in [0.25, 0.3) is 0 Å². The largest absolute Gasteiger partial charge is 0.497 e. The zero-order valence-electron chi connectivity index (χ0n) is 35.5. The molecule has 0 aromatic heterocycles. The Morgan fingerprint density at radius 3 is 2.19 bits per heavy atom. The van der Waals surface area contributed by atoms with Crippen molar-refractivity contribution in [1.82, 2.24) is 4.90 Å². The first-order valence-corrected chi connectivity index (χ1v) is 21.5. The molecule has 9 nitrogen and oxygen atoms in total. The zero-order valence-corrected chi connectivity index (χ0v) is 35.5. The third kappa shape index (κ3) is 8.81. The van der Waals surface area contributed by atoms with Crippen LogP contribution in [0.2, 0.25) is 0 Å². The van der Waals surface area contributed by atoms with E-state index >= 15 is 0 Å². The van der Waals surface area contributed by atoms with Crippen molar-refractivity contribution in [2.24, 2.45) is 0 Å². The highest BCUT2D eigenvalue weighted by Crippen LogP contribution is 2.48. The Labute approximate surface area is 345 Å². The number of carbonyl (C=O) groups is 1. The lowest BCUT2D eigenvalue weighted by molar-refractivity contribution is -0.956. The second-order valence-electron chi connectivity index (χ2n) is 16.8. The van der Waals surface area contributed by atoms with Gasteiger partial charge < -0.3 is 33.3 Å². The Kier molecular flexibility index (Phi) is 13.2. The van der Waals surface area contributed by atoms with E-state index in [-0.39, 0.29) is 12.1 Å². The maximum atomic E-state index is 13.4. The summed E-state index contributed by atoms with van der Waals surface area (Å²) in [5.41, 5.74) is 6.83. The molecule has 4 unspecified atom stereocenters. The molecule has 0 amide bonds. The summed E-state index contributed by atoms with van der Waals surface area (Å²) < 4.78 is 31.7. The number of rotatable bonds is 14. The van der Waals surface area contributed by atoms with Gasteiger partial charge in [0.25, 0.3) is 0 Å². The average Bonchev–Trinajstić information content (AvgIpc) is 3.22. The summed E-state index contributed by atoms with van der Waals surface area (Å²) in [6.45, 7) is 3.84. The Balaban J connectivity index is 1.34. The summed E-state index contributed by atoms with van der Waals surface area (Å²) in [6, 6.07) is 22.2. The van der Waals surface area contributed by atoms with E-state index in [1.165, 1.54) is 43.2 Å². The number of unbranched alkanes of at least 4 members (excludes halogenated alkanes) is 7. The van der Waals surface area contributed by atoms with Crippen LogP contribution in [0.3, 0.4) is 0 Å². The van der Waals surface area contributed by atoms with Crippen LogP contribution in [-0.4, -0.2) is 75.0 Å². The molecule has 4 atom stereocenters. The van der Waals surface area contributed by atoms with Crippen LogP contribution in [0.15, 0.2) is 66.7 Å². The molecule has 0 spiro atoms. The first-order chi connectivity index (χ1) is 28.1. The van der Waals surface area contributed by atoms with Gasteiger partial charge in [0, 0.05) is 49.0 Å². The van der Waals surface area contributed by atoms with E-state index in [1.807, 2.05) is 24.3 Å². The topological polar surface area (TPSA) is 86.7 Å². The molecule has 0 saturated heterocycles. The highest BCUT2D eigenvalue weighted by molar-refractivity contribution is 5.72. The molecule has 6 bridgehead atoms. The number of carboxylic acid groups (broad SMARTS) is 1. The van der Waals surface area contributed by atoms with E-state index in [0.29, 0.717) is 46.9 Å². The number of methoxy groups -OCH3 is 3. The van der Waals surface area contributed by atoms with Gasteiger partial charge in [-0.3, -0.25) is 4.90 Å². The molecule has 4 aromatic rings. The maximum Gasteiger partial charge on any atom is 0.362 e. The summed E-state index contributed by atoms with van der Waals surface area (Å²) in [7, 11) is 9.40. The van der Waals surface area contributed by atoms with Gasteiger partial charge in [-0.1, -0.05) is 70.1 Å². The lowest BCUT2D eigenvalue weighted by Gasteiger charge is -2.49. The minimum atomic E-state index is -0.726. The Hall–Kier alpha value is -4.73. The van der Waals surface area contributed by atoms with E-state index in [1.54, 1.807) is 21.3 Å². The standard InChI is InChI=1S/C49H62N2O7/c1-7-8-9-10-11-12-13-14-15-41(49(52)53)51(3)25-23-35-30-44(56-6)46-32-39(35)42(51)27-33-16-19-37(20-17-33)57-45-28-34(18-21-43(45)55-5)26-40-48-36(22-24-50(40)2)29-38(54-4)31-47(48)58-46/h16-21,28-32,40-42H,7-15,22-27H2,1-6H3/p+1. The van der Waals surface area contributed by atoms with E-state index in [4.69, 9.17) is 23.7 Å². The van der Waals surface area contributed by atoms with Crippen molar-refractivity contribution < 1.29 is 38.1 Å². The minimum absolute atomic E-state index is 0.00747. The lowest BCUT2D eigenvalue weighted by atomic mass is 9.84. The predicted octanol–water partition coefficient (Wildman–Crippen LogP) is 10.7. The van der Waals surface area contributed by atoms with E-state index in [9.17, 15) is 9.90 Å². The summed E-state index contributed by atoms with van der Waals surface area (Å²) in [5.74, 6) is 4.07. The molecule has 4 aliphatic rings. The number of benzene rings is 4. The first-order valence-electron chi connectivity index (χ1n) is 21.5. The van der Waals surface area contributed by atoms with Gasteiger partial charge in [-0.25, -0.2) is 4.79 Å². The van der Waals surface area contributed by atoms with Gasteiger partial charge >= 0.3 is 5.97 Å². The number of fused-ring (bicyclic) bond motifs is 2. The van der Waals surface area contributed by atoms with Gasteiger partial charge in [-0.2, -0.15) is 0 Å². The quantitative estimate of drug-likeness (QED) is 0.0998. The van der Waals surface area contributed by atoms with Gasteiger partial charge in [-0.15, -0.1) is 0 Å². The van der Waals surface area contributed by atoms with E-state index in [2.05, 4.69) is 68.4 Å². The summed E-state index contributed by atoms with van der Waals surface area (Å²) >= 11 is 0. The van der Waals surface area contributed by atoms with Crippen LogP contribution in [0.4, 0.5) is 0 Å². The molecule has 0 radical (unpaired) electrons. The number of hydrogen-bond acceptors (Lipinski definition) is 7. The molecule has 8 rings (SSSR count). The third-order valence-electron chi connectivity index (χ3n) is 13.2. The van der Waals surface area contributed by atoms with E-state index < -0.39 is 12.0 Å². The molecule has 4 heterocycles. The van der Waals surface area contributed by atoms with Gasteiger partial charge in [0.05, 0.1) is 34.9 Å². The highest BCUT2D eigenvalue weighted by atomic mass is 16.5. The van der Waals surface area contributed by atoms with Gasteiger partial charge in [0.15, 0.2) is 29.0 Å². The number of aliphatic carboxylic acids is 1. The van der Waals surface area contributed by atoms with Crippen molar-refractivity contribution in [3.05, 3.63) is 100 Å². The predicted molar refractivity (Wildman–Crippen MR) is 228 cm³/mol. The van der Waals surface area contributed by atoms with Crippen LogP contribution in [-0.2, 0) is 30.5 Å². The number of quaternary nitrogens is 1. The Morgan fingerprint density at radius 2 is 1.48 bits per heavy atom. The number of hydrogen-bond donors (Lipinski definition) is 1. The van der Waals surface area contributed by atoms with Crippen molar-refractivity contribution in [2.45, 2.75) is 109 Å². The normalized spacial score (nSPS) is 20.4. The molecule has 9 heteroatoms. The second kappa shape index (κ2) is 18.5. The highest BCUT2D eigenvalue weighted by Gasteiger charge is 2.48. The molecule has 1 N–H and O–H groups in total. The fraction of sp³-hybridized carbons (Fsp3) is 0.490. The molecule has 4 aliphatic heterocycles. The van der Waals surface area contributed by atoms with Crippen molar-refractivity contribution in [1.29, 1.82) is 0 Å². The van der Waals surface area contributed by atoms with Crippen LogP contribution in [0.1, 0.15) is 110 Å². The van der Waals surface area contributed by atoms with Crippen LogP contribution < -0.4 is 23.7 Å². The molecular weight excluding hydrogens is 729 g/mol. The first kappa shape index (κ1) is 41.4. The zero-order chi connectivity index (χ0) is 40.8. The van der Waals surface area contributed by atoms with E-state index in [0.717, 1.165) is 84.6 Å². The average molecular weight is 792 g/mol. The van der Waals surface area contributed by atoms with Crippen molar-refractivity contribution in [2.75, 3.05) is 48.5 Å². The van der Waals surface area contributed by atoms with Gasteiger partial charge in [-0.05, 0) is 91.0 Å². The van der Waals surface area contributed by atoms with Gasteiger partial charge in [0.2, 0.25) is 0 Å². The molecule has 0 fully saturated rings. The van der Waals surface area contributed by atoms with Crippen molar-refractivity contribution in [3.8, 4) is 40.2 Å². The van der Waals surface area contributed by atoms with Gasteiger partial charge in [0.1, 0.15) is 23.3 Å². The van der Waals surface area contributed by atoms with Crippen molar-refractivity contribution >= 4 is 5.97 Å². The maximum absolute atomic E-state index is 13.4. The number of likely N-dealkylation sites (N-methyl/N-ethyl adjacent to an activating group) is 2. The molecular formula is C49H63N2O7+. The molecule has 0 saturated carbocycles. The van der Waals surface area contributed by atoms with Crippen LogP contribution >= 0.6 is 0 Å². The Morgan fingerprint density at radius 1 is 0.776 bits per heavy atom. The second-order valence-corrected chi connectivity index (χ2v) is 16.8. The smallest absolute Gasteiger partial charge is 0.362 e. The summed E-state index contributed by atoms with van der Waals surface area (Å²) in [5, 5.41) is 11.0. The summed E-state index contributed by atoms with van der Waals surface area (Å²) in [6.07, 6.45) is 13.0. The molecule has 4 aromatic carbocycles.